The summed E-state index contributed by atoms with van der Waals surface area (Å²) in [6, 6.07) is -0.582. The maximum Gasteiger partial charge on any atom is 0.320 e. The third kappa shape index (κ3) is 4.69. The van der Waals surface area contributed by atoms with E-state index in [9.17, 15) is 9.59 Å². The van der Waals surface area contributed by atoms with E-state index in [4.69, 9.17) is 5.11 Å². The molecule has 2 amide bonds. The predicted octanol–water partition coefficient (Wildman–Crippen LogP) is 0.913. The van der Waals surface area contributed by atoms with E-state index in [1.807, 2.05) is 0 Å². The van der Waals surface area contributed by atoms with Gasteiger partial charge < -0.3 is 10.4 Å². The number of nitrogens with zero attached hydrogens (tertiary/aromatic N) is 2. The molecule has 8 heteroatoms. The van der Waals surface area contributed by atoms with Crippen LogP contribution in [0.25, 0.3) is 0 Å². The molecule has 0 bridgehead atoms. The highest BCUT2D eigenvalue weighted by molar-refractivity contribution is 7.10. The summed E-state index contributed by atoms with van der Waals surface area (Å²) in [7, 11) is 0. The fraction of sp³-hybridized carbons (Fsp3) is 0.500. The standard InChI is InChI=1S/C8H12N4O3S/c1-5(2-3-7(13)14)10-8(15)11-6-4-9-12-16-6/h4-5H,2-3H2,1H3,(H,13,14)(H2,10,11,15). The number of nitrogens with one attached hydrogen (secondary N) is 2. The molecule has 0 saturated heterocycles. The molecular formula is C8H12N4O3S. The lowest BCUT2D eigenvalue weighted by molar-refractivity contribution is -0.137. The van der Waals surface area contributed by atoms with E-state index < -0.39 is 5.97 Å². The predicted molar refractivity (Wildman–Crippen MR) is 58.4 cm³/mol. The van der Waals surface area contributed by atoms with Gasteiger partial charge in [0.15, 0.2) is 0 Å². The first kappa shape index (κ1) is 12.4. The van der Waals surface area contributed by atoms with Crippen LogP contribution in [0.5, 0.6) is 0 Å². The van der Waals surface area contributed by atoms with Crippen LogP contribution in [0.2, 0.25) is 0 Å². The normalized spacial score (nSPS) is 11.8. The Bertz CT molecular complexity index is 354. The van der Waals surface area contributed by atoms with Crippen LogP contribution in [0.15, 0.2) is 6.20 Å². The molecule has 1 aromatic heterocycles. The number of urea groups is 1. The summed E-state index contributed by atoms with van der Waals surface area (Å²) in [5.41, 5.74) is 0. The molecule has 0 aliphatic carbocycles. The van der Waals surface area contributed by atoms with Crippen LogP contribution < -0.4 is 10.6 Å². The molecular weight excluding hydrogens is 232 g/mol. The van der Waals surface area contributed by atoms with Gasteiger partial charge in [-0.15, -0.1) is 5.10 Å². The summed E-state index contributed by atoms with van der Waals surface area (Å²) >= 11 is 1.07. The molecule has 1 unspecified atom stereocenters. The van der Waals surface area contributed by atoms with Gasteiger partial charge in [-0.3, -0.25) is 10.1 Å². The van der Waals surface area contributed by atoms with Gasteiger partial charge in [-0.1, -0.05) is 4.49 Å². The van der Waals surface area contributed by atoms with Gasteiger partial charge in [0.1, 0.15) is 5.00 Å². The lowest BCUT2D eigenvalue weighted by Gasteiger charge is -2.12. The zero-order chi connectivity index (χ0) is 12.0. The Kier molecular flexibility index (Phi) is 4.65. The van der Waals surface area contributed by atoms with Crippen molar-refractivity contribution in [2.24, 2.45) is 0 Å². The Labute approximate surface area is 96.0 Å². The lowest BCUT2D eigenvalue weighted by atomic mass is 10.2. The number of anilines is 1. The quantitative estimate of drug-likeness (QED) is 0.714. The van der Waals surface area contributed by atoms with E-state index in [-0.39, 0.29) is 18.5 Å². The minimum Gasteiger partial charge on any atom is -0.481 e. The van der Waals surface area contributed by atoms with Crippen molar-refractivity contribution in [3.05, 3.63) is 6.20 Å². The first-order valence-electron chi connectivity index (χ1n) is 4.64. The van der Waals surface area contributed by atoms with Crippen molar-refractivity contribution in [3.8, 4) is 0 Å². The maximum atomic E-state index is 11.3. The van der Waals surface area contributed by atoms with Crippen LogP contribution in [0.1, 0.15) is 19.8 Å². The summed E-state index contributed by atoms with van der Waals surface area (Å²) < 4.78 is 3.59. The second-order valence-electron chi connectivity index (χ2n) is 3.21. The number of aliphatic carboxylic acids is 1. The first-order valence-corrected chi connectivity index (χ1v) is 5.42. The Balaban J connectivity index is 2.25. The second kappa shape index (κ2) is 6.01. The zero-order valence-corrected chi connectivity index (χ0v) is 9.45. The molecule has 1 atom stereocenters. The number of carboxylic acid groups (broad SMARTS) is 1. The Morgan fingerprint density at radius 3 is 2.94 bits per heavy atom. The summed E-state index contributed by atoms with van der Waals surface area (Å²) in [5.74, 6) is -0.874. The second-order valence-corrected chi connectivity index (χ2v) is 4.00. The highest BCUT2D eigenvalue weighted by Gasteiger charge is 2.09. The van der Waals surface area contributed by atoms with Crippen molar-refractivity contribution < 1.29 is 14.7 Å². The van der Waals surface area contributed by atoms with Gasteiger partial charge in [-0.2, -0.15) is 0 Å². The monoisotopic (exact) mass is 244 g/mol. The van der Waals surface area contributed by atoms with Crippen molar-refractivity contribution in [1.82, 2.24) is 14.9 Å². The van der Waals surface area contributed by atoms with Crippen molar-refractivity contribution >= 4 is 28.5 Å². The molecule has 0 saturated carbocycles. The van der Waals surface area contributed by atoms with Gasteiger partial charge in [0, 0.05) is 24.0 Å². The molecule has 7 nitrogen and oxygen atoms in total. The molecule has 3 N–H and O–H groups in total. The van der Waals surface area contributed by atoms with Crippen molar-refractivity contribution in [2.75, 3.05) is 5.32 Å². The molecule has 88 valence electrons. The topological polar surface area (TPSA) is 104 Å². The Hall–Kier alpha value is -1.70. The van der Waals surface area contributed by atoms with Gasteiger partial charge in [0.05, 0.1) is 6.20 Å². The minimum atomic E-state index is -0.874. The van der Waals surface area contributed by atoms with Crippen LogP contribution in [-0.2, 0) is 4.79 Å². The fourth-order valence-corrected chi connectivity index (χ4v) is 1.42. The Morgan fingerprint density at radius 2 is 2.38 bits per heavy atom. The SMILES string of the molecule is CC(CCC(=O)O)NC(=O)Nc1cnns1. The third-order valence-electron chi connectivity index (χ3n) is 1.77. The van der Waals surface area contributed by atoms with Gasteiger partial charge >= 0.3 is 12.0 Å². The zero-order valence-electron chi connectivity index (χ0n) is 8.64. The van der Waals surface area contributed by atoms with Crippen molar-refractivity contribution in [3.63, 3.8) is 0 Å². The number of carbonyl (C=O) groups is 2. The molecule has 0 aliphatic rings. The largest absolute Gasteiger partial charge is 0.481 e. The fourth-order valence-electron chi connectivity index (χ4n) is 1.01. The molecule has 1 aromatic rings. The van der Waals surface area contributed by atoms with Crippen molar-refractivity contribution in [2.45, 2.75) is 25.8 Å². The highest BCUT2D eigenvalue weighted by Crippen LogP contribution is 2.08. The van der Waals surface area contributed by atoms with E-state index in [1.54, 1.807) is 6.92 Å². The molecule has 1 heterocycles. The van der Waals surface area contributed by atoms with Crippen molar-refractivity contribution in [1.29, 1.82) is 0 Å². The molecule has 0 aliphatic heterocycles. The molecule has 16 heavy (non-hydrogen) atoms. The van der Waals surface area contributed by atoms with Gasteiger partial charge in [-0.25, -0.2) is 4.79 Å². The van der Waals surface area contributed by atoms with E-state index in [2.05, 4.69) is 20.2 Å². The molecule has 1 rings (SSSR count). The van der Waals surface area contributed by atoms with E-state index in [0.717, 1.165) is 11.5 Å². The number of carboxylic acids is 1. The Morgan fingerprint density at radius 1 is 1.62 bits per heavy atom. The van der Waals surface area contributed by atoms with Crippen LogP contribution >= 0.6 is 11.5 Å². The van der Waals surface area contributed by atoms with E-state index in [0.29, 0.717) is 11.4 Å². The summed E-state index contributed by atoms with van der Waals surface area (Å²) in [5, 5.41) is 17.7. The number of carbonyl (C=O) groups excluding carboxylic acids is 1. The maximum absolute atomic E-state index is 11.3. The number of aromatic nitrogens is 2. The first-order chi connectivity index (χ1) is 7.58. The van der Waals surface area contributed by atoms with Gasteiger partial charge in [-0.05, 0) is 13.3 Å². The average Bonchev–Trinajstić information content (AvgIpc) is 2.67. The van der Waals surface area contributed by atoms with Gasteiger partial charge in [0.25, 0.3) is 0 Å². The number of hydrogen-bond acceptors (Lipinski definition) is 5. The number of amides is 2. The van der Waals surface area contributed by atoms with Crippen LogP contribution in [0.3, 0.4) is 0 Å². The van der Waals surface area contributed by atoms with Gasteiger partial charge in [0.2, 0.25) is 0 Å². The number of rotatable bonds is 5. The van der Waals surface area contributed by atoms with Crippen LogP contribution in [-0.4, -0.2) is 32.7 Å². The summed E-state index contributed by atoms with van der Waals surface area (Å²) in [6.45, 7) is 1.74. The molecule has 0 fully saturated rings. The lowest BCUT2D eigenvalue weighted by Crippen LogP contribution is -2.36. The summed E-state index contributed by atoms with van der Waals surface area (Å²) in [6.07, 6.45) is 1.86. The third-order valence-corrected chi connectivity index (χ3v) is 2.35. The molecule has 0 aromatic carbocycles. The van der Waals surface area contributed by atoms with E-state index in [1.165, 1.54) is 6.20 Å². The van der Waals surface area contributed by atoms with Crippen LogP contribution in [0.4, 0.5) is 9.80 Å². The highest BCUT2D eigenvalue weighted by atomic mass is 32.1. The molecule has 0 spiro atoms. The minimum absolute atomic E-state index is 0.0313. The average molecular weight is 244 g/mol. The smallest absolute Gasteiger partial charge is 0.320 e. The summed E-state index contributed by atoms with van der Waals surface area (Å²) in [4.78, 5) is 21.6. The van der Waals surface area contributed by atoms with E-state index >= 15 is 0 Å². The molecule has 0 radical (unpaired) electrons. The number of hydrogen-bond donors (Lipinski definition) is 3. The van der Waals surface area contributed by atoms with Crippen LogP contribution in [0, 0.1) is 0 Å².